The molecule has 0 spiro atoms. The molecule has 7 nitrogen and oxygen atoms in total. The lowest BCUT2D eigenvalue weighted by Crippen LogP contribution is -2.51. The van der Waals surface area contributed by atoms with Gasteiger partial charge in [0.25, 0.3) is 0 Å². The minimum atomic E-state index is -0.796. The van der Waals surface area contributed by atoms with E-state index in [2.05, 4.69) is 36.5 Å². The first-order valence-corrected chi connectivity index (χ1v) is 10.8. The Bertz CT molecular complexity index is 819. The Kier molecular flexibility index (Phi) is 6.41. The molecule has 1 aromatic rings. The van der Waals surface area contributed by atoms with Crippen molar-refractivity contribution in [1.82, 2.24) is 10.2 Å². The molecule has 4 atom stereocenters. The van der Waals surface area contributed by atoms with E-state index < -0.39 is 24.7 Å². The number of aliphatic hydroxyl groups is 2. The number of carbonyl (C=O) groups excluding carboxylic acids is 1. The number of aryl methyl sites for hydroxylation is 1. The molecular formula is C23H30N2O5. The fourth-order valence-corrected chi connectivity index (χ4v) is 4.09. The summed E-state index contributed by atoms with van der Waals surface area (Å²) in [5, 5.41) is 22.1. The summed E-state index contributed by atoms with van der Waals surface area (Å²) >= 11 is 0. The van der Waals surface area contributed by atoms with Crippen LogP contribution in [0.15, 0.2) is 42.1 Å². The van der Waals surface area contributed by atoms with Crippen LogP contribution in [-0.4, -0.2) is 52.4 Å². The predicted octanol–water partition coefficient (Wildman–Crippen LogP) is 2.88. The lowest BCUT2D eigenvalue weighted by atomic mass is 10.0. The number of nitrogens with zero attached hydrogens (tertiary/aromatic N) is 1. The number of unbranched alkanes of at least 4 members (excludes halogenated alkanes) is 3. The third-order valence-electron chi connectivity index (χ3n) is 5.87. The van der Waals surface area contributed by atoms with Crippen LogP contribution >= 0.6 is 0 Å². The number of nitrogens with one attached hydrogen (secondary N) is 1. The van der Waals surface area contributed by atoms with Crippen LogP contribution in [0.3, 0.4) is 0 Å². The third kappa shape index (κ3) is 4.38. The lowest BCUT2D eigenvalue weighted by molar-refractivity contribution is -0.0556. The Labute approximate surface area is 177 Å². The minimum absolute atomic E-state index is 0.254. The van der Waals surface area contributed by atoms with Crippen LogP contribution in [0.1, 0.15) is 50.2 Å². The van der Waals surface area contributed by atoms with Crippen molar-refractivity contribution >= 4 is 11.8 Å². The number of ether oxygens (including phenoxy) is 2. The van der Waals surface area contributed by atoms with Crippen LogP contribution in [0.5, 0.6) is 0 Å². The molecule has 3 N–H and O–H groups in total. The van der Waals surface area contributed by atoms with E-state index in [1.165, 1.54) is 36.1 Å². The summed E-state index contributed by atoms with van der Waals surface area (Å²) in [6, 6.07) is 8.03. The highest BCUT2D eigenvalue weighted by molar-refractivity contribution is 5.80. The summed E-state index contributed by atoms with van der Waals surface area (Å²) in [6.45, 7) is 1.93. The fraction of sp³-hybridized carbons (Fsp3) is 0.522. The molecule has 30 heavy (non-hydrogen) atoms. The molecule has 1 fully saturated rings. The number of amides is 2. The number of carbonyl (C=O) groups is 1. The molecule has 3 aliphatic rings. The van der Waals surface area contributed by atoms with Crippen LogP contribution in [0.4, 0.5) is 4.79 Å². The van der Waals surface area contributed by atoms with E-state index in [1.807, 2.05) is 6.08 Å². The largest absolute Gasteiger partial charge is 0.466 e. The number of rotatable bonds is 8. The highest BCUT2D eigenvalue weighted by Gasteiger charge is 2.41. The molecule has 0 radical (unpaired) electrons. The average molecular weight is 415 g/mol. The van der Waals surface area contributed by atoms with Crippen molar-refractivity contribution in [2.75, 3.05) is 6.61 Å². The van der Waals surface area contributed by atoms with Gasteiger partial charge in [0.15, 0.2) is 0 Å². The zero-order valence-electron chi connectivity index (χ0n) is 17.3. The van der Waals surface area contributed by atoms with Crippen molar-refractivity contribution in [2.45, 2.75) is 70.1 Å². The van der Waals surface area contributed by atoms with Gasteiger partial charge in [0, 0.05) is 23.8 Å². The molecule has 0 bridgehead atoms. The molecule has 7 heteroatoms. The van der Waals surface area contributed by atoms with Gasteiger partial charge in [0.2, 0.25) is 6.23 Å². The van der Waals surface area contributed by atoms with E-state index >= 15 is 0 Å². The van der Waals surface area contributed by atoms with Gasteiger partial charge in [-0.15, -0.1) is 0 Å². The van der Waals surface area contributed by atoms with E-state index in [4.69, 9.17) is 9.47 Å². The lowest BCUT2D eigenvalue weighted by Gasteiger charge is -2.31. The van der Waals surface area contributed by atoms with Crippen LogP contribution in [-0.2, 0) is 15.9 Å². The molecular weight excluding hydrogens is 384 g/mol. The predicted molar refractivity (Wildman–Crippen MR) is 112 cm³/mol. The maximum Gasteiger partial charge on any atom is 0.326 e. The summed E-state index contributed by atoms with van der Waals surface area (Å²) in [4.78, 5) is 13.9. The summed E-state index contributed by atoms with van der Waals surface area (Å²) in [6.07, 6.45) is 7.34. The van der Waals surface area contributed by atoms with E-state index in [0.717, 1.165) is 17.6 Å². The van der Waals surface area contributed by atoms with Crippen LogP contribution < -0.4 is 5.32 Å². The second-order valence-corrected chi connectivity index (χ2v) is 8.11. The zero-order valence-corrected chi connectivity index (χ0v) is 17.3. The van der Waals surface area contributed by atoms with Crippen molar-refractivity contribution in [3.63, 3.8) is 0 Å². The fourth-order valence-electron chi connectivity index (χ4n) is 4.09. The number of benzene rings is 1. The Balaban J connectivity index is 1.43. The Morgan fingerprint density at radius 3 is 2.70 bits per heavy atom. The summed E-state index contributed by atoms with van der Waals surface area (Å²) in [5.41, 5.74) is 3.11. The third-order valence-corrected chi connectivity index (χ3v) is 5.87. The number of urea groups is 1. The van der Waals surface area contributed by atoms with E-state index in [-0.39, 0.29) is 19.1 Å². The van der Waals surface area contributed by atoms with Crippen molar-refractivity contribution < 1.29 is 24.5 Å². The van der Waals surface area contributed by atoms with Gasteiger partial charge < -0.3 is 19.7 Å². The maximum atomic E-state index is 12.5. The van der Waals surface area contributed by atoms with Crippen molar-refractivity contribution in [3.8, 4) is 0 Å². The first-order valence-electron chi connectivity index (χ1n) is 10.8. The number of hydrogen-bond donors (Lipinski definition) is 3. The van der Waals surface area contributed by atoms with Crippen LogP contribution in [0.25, 0.3) is 5.76 Å². The SMILES string of the molecule is CCCCCCc1ccc(C2=CC3=CN(C4CC(O)C(CO)O4)C(=O)NC3O2)cc1. The quantitative estimate of drug-likeness (QED) is 0.569. The van der Waals surface area contributed by atoms with E-state index in [1.54, 1.807) is 6.20 Å². The maximum absolute atomic E-state index is 12.5. The van der Waals surface area contributed by atoms with Crippen molar-refractivity contribution in [1.29, 1.82) is 0 Å². The molecule has 2 amide bonds. The highest BCUT2D eigenvalue weighted by Crippen LogP contribution is 2.33. The van der Waals surface area contributed by atoms with Gasteiger partial charge in [-0.05, 0) is 24.5 Å². The standard InChI is InChI=1S/C23H30N2O5/c1-2-3-4-5-6-15-7-9-16(10-8-15)19-11-17-13-25(23(28)24-22(17)30-19)21-12-18(27)20(14-26)29-21/h7-11,13,18,20-22,26-27H,2-6,12,14H2,1H3,(H,24,28). The second kappa shape index (κ2) is 9.20. The molecule has 4 unspecified atom stereocenters. The minimum Gasteiger partial charge on any atom is -0.466 e. The van der Waals surface area contributed by atoms with Gasteiger partial charge in [0.1, 0.15) is 18.1 Å². The van der Waals surface area contributed by atoms with Gasteiger partial charge in [-0.3, -0.25) is 10.2 Å². The van der Waals surface area contributed by atoms with Gasteiger partial charge in [-0.25, -0.2) is 4.79 Å². The number of hydrogen-bond acceptors (Lipinski definition) is 5. The average Bonchev–Trinajstić information content (AvgIpc) is 3.33. The number of aliphatic hydroxyl groups excluding tert-OH is 2. The first-order chi connectivity index (χ1) is 14.6. The van der Waals surface area contributed by atoms with E-state index in [0.29, 0.717) is 5.76 Å². The van der Waals surface area contributed by atoms with Crippen molar-refractivity contribution in [2.24, 2.45) is 0 Å². The molecule has 1 aromatic carbocycles. The second-order valence-electron chi connectivity index (χ2n) is 8.11. The number of fused-ring (bicyclic) bond motifs is 1. The van der Waals surface area contributed by atoms with Gasteiger partial charge >= 0.3 is 6.03 Å². The highest BCUT2D eigenvalue weighted by atomic mass is 16.5. The normalized spacial score (nSPS) is 28.0. The topological polar surface area (TPSA) is 91.3 Å². The molecule has 3 aliphatic heterocycles. The Morgan fingerprint density at radius 1 is 1.20 bits per heavy atom. The summed E-state index contributed by atoms with van der Waals surface area (Å²) in [7, 11) is 0. The smallest absolute Gasteiger partial charge is 0.326 e. The zero-order chi connectivity index (χ0) is 21.1. The van der Waals surface area contributed by atoms with Crippen LogP contribution in [0, 0.1) is 0 Å². The Morgan fingerprint density at radius 2 is 2.00 bits per heavy atom. The monoisotopic (exact) mass is 414 g/mol. The molecule has 4 rings (SSSR count). The van der Waals surface area contributed by atoms with Gasteiger partial charge in [-0.1, -0.05) is 50.5 Å². The summed E-state index contributed by atoms with van der Waals surface area (Å²) in [5.74, 6) is 0.714. The van der Waals surface area contributed by atoms with Crippen molar-refractivity contribution in [3.05, 3.63) is 53.2 Å². The molecule has 3 heterocycles. The summed E-state index contributed by atoms with van der Waals surface area (Å²) < 4.78 is 11.6. The van der Waals surface area contributed by atoms with Gasteiger partial charge in [-0.2, -0.15) is 0 Å². The molecule has 0 aromatic heterocycles. The Hall–Kier alpha value is -2.35. The molecule has 1 saturated heterocycles. The van der Waals surface area contributed by atoms with Gasteiger partial charge in [0.05, 0.1) is 12.7 Å². The van der Waals surface area contributed by atoms with Crippen LogP contribution in [0.2, 0.25) is 0 Å². The molecule has 162 valence electrons. The van der Waals surface area contributed by atoms with E-state index in [9.17, 15) is 15.0 Å². The first kappa shape index (κ1) is 20.9. The molecule has 0 saturated carbocycles. The molecule has 0 aliphatic carbocycles.